The maximum atomic E-state index is 13.5. The van der Waals surface area contributed by atoms with Gasteiger partial charge in [0.1, 0.15) is 11.6 Å². The Kier molecular flexibility index (Phi) is 4.97. The minimum absolute atomic E-state index is 0.0226. The lowest BCUT2D eigenvalue weighted by Crippen LogP contribution is -2.30. The topological polar surface area (TPSA) is 70.8 Å². The Balaban J connectivity index is 1.64. The summed E-state index contributed by atoms with van der Waals surface area (Å²) in [6, 6.07) is 16.6. The summed E-state index contributed by atoms with van der Waals surface area (Å²) in [7, 11) is 0. The Morgan fingerprint density at radius 3 is 2.71 bits per heavy atom. The number of benzene rings is 2. The molecule has 0 bridgehead atoms. The number of thiophene rings is 1. The SMILES string of the molecule is O=C(C1=C(O)C(=O)N(c2cccc(Cl)c2)C1c1cccs1)c1cc2cc(Br)ccc2o1. The number of aliphatic hydroxyl groups excluding tert-OH is 1. The van der Waals surface area contributed by atoms with Crippen molar-refractivity contribution in [2.75, 3.05) is 4.90 Å². The number of furan rings is 1. The van der Waals surface area contributed by atoms with Gasteiger partial charge in [-0.1, -0.05) is 39.7 Å². The fourth-order valence-electron chi connectivity index (χ4n) is 3.70. The monoisotopic (exact) mass is 513 g/mol. The molecule has 4 aromatic rings. The first-order valence-corrected chi connectivity index (χ1v) is 11.3. The molecule has 1 amide bonds. The van der Waals surface area contributed by atoms with Crippen molar-refractivity contribution in [2.24, 2.45) is 0 Å². The predicted molar refractivity (Wildman–Crippen MR) is 124 cm³/mol. The summed E-state index contributed by atoms with van der Waals surface area (Å²) in [6.07, 6.45) is 0. The van der Waals surface area contributed by atoms with Crippen molar-refractivity contribution in [3.8, 4) is 0 Å². The summed E-state index contributed by atoms with van der Waals surface area (Å²) in [5.74, 6) is -1.74. The van der Waals surface area contributed by atoms with Crippen LogP contribution in [0.25, 0.3) is 11.0 Å². The molecule has 1 aliphatic heterocycles. The minimum Gasteiger partial charge on any atom is -0.503 e. The lowest BCUT2D eigenvalue weighted by molar-refractivity contribution is -0.117. The number of hydrogen-bond donors (Lipinski definition) is 1. The third-order valence-electron chi connectivity index (χ3n) is 5.05. The highest BCUT2D eigenvalue weighted by Gasteiger charge is 2.45. The third-order valence-corrected chi connectivity index (χ3v) is 6.71. The first kappa shape index (κ1) is 20.1. The molecular weight excluding hydrogens is 502 g/mol. The van der Waals surface area contributed by atoms with Gasteiger partial charge >= 0.3 is 0 Å². The number of Topliss-reactive ketones (excluding diaryl/α,β-unsaturated/α-hetero) is 1. The molecule has 5 rings (SSSR count). The number of aliphatic hydroxyl groups is 1. The molecule has 3 heterocycles. The van der Waals surface area contributed by atoms with Crippen molar-refractivity contribution in [3.05, 3.63) is 97.5 Å². The lowest BCUT2D eigenvalue weighted by atomic mass is 10.00. The molecule has 2 aromatic carbocycles. The summed E-state index contributed by atoms with van der Waals surface area (Å²) in [6.45, 7) is 0. The summed E-state index contributed by atoms with van der Waals surface area (Å²) in [5, 5.41) is 13.8. The summed E-state index contributed by atoms with van der Waals surface area (Å²) >= 11 is 10.9. The number of fused-ring (bicyclic) bond motifs is 1. The van der Waals surface area contributed by atoms with Gasteiger partial charge in [0.25, 0.3) is 5.91 Å². The molecule has 5 nitrogen and oxygen atoms in total. The van der Waals surface area contributed by atoms with E-state index < -0.39 is 23.5 Å². The van der Waals surface area contributed by atoms with Crippen LogP contribution in [0.4, 0.5) is 5.69 Å². The first-order chi connectivity index (χ1) is 14.9. The van der Waals surface area contributed by atoms with E-state index in [4.69, 9.17) is 16.0 Å². The standard InChI is InChI=1S/C23H13BrClNO4S/c24-13-6-7-16-12(9-13)10-17(30-16)21(27)19-20(18-5-2-8-31-18)26(23(29)22(19)28)15-4-1-3-14(25)11-15/h1-11,20,28H. The van der Waals surface area contributed by atoms with Gasteiger partial charge < -0.3 is 9.52 Å². The minimum atomic E-state index is -0.793. The molecule has 31 heavy (non-hydrogen) atoms. The van der Waals surface area contributed by atoms with Crippen LogP contribution >= 0.6 is 38.9 Å². The van der Waals surface area contributed by atoms with Gasteiger partial charge in [0, 0.05) is 25.4 Å². The van der Waals surface area contributed by atoms with Crippen LogP contribution in [0.3, 0.4) is 0 Å². The number of amides is 1. The van der Waals surface area contributed by atoms with Gasteiger partial charge in [-0.3, -0.25) is 14.5 Å². The highest BCUT2D eigenvalue weighted by Crippen LogP contribution is 2.44. The number of anilines is 1. The summed E-state index contributed by atoms with van der Waals surface area (Å²) in [4.78, 5) is 28.7. The average molecular weight is 515 g/mol. The molecule has 1 unspecified atom stereocenters. The molecule has 0 fully saturated rings. The normalized spacial score (nSPS) is 16.5. The van der Waals surface area contributed by atoms with E-state index in [1.165, 1.54) is 16.2 Å². The van der Waals surface area contributed by atoms with Crippen molar-refractivity contribution < 1.29 is 19.1 Å². The van der Waals surface area contributed by atoms with E-state index in [1.807, 2.05) is 29.6 Å². The molecule has 0 radical (unpaired) electrons. The number of hydrogen-bond acceptors (Lipinski definition) is 5. The highest BCUT2D eigenvalue weighted by molar-refractivity contribution is 9.10. The van der Waals surface area contributed by atoms with E-state index in [9.17, 15) is 14.7 Å². The fourth-order valence-corrected chi connectivity index (χ4v) is 5.09. The second kappa shape index (κ2) is 7.67. The Bertz CT molecular complexity index is 1380. The van der Waals surface area contributed by atoms with E-state index in [0.29, 0.717) is 16.3 Å². The van der Waals surface area contributed by atoms with E-state index in [0.717, 1.165) is 14.7 Å². The Hall–Kier alpha value is -2.87. The largest absolute Gasteiger partial charge is 0.503 e. The molecule has 0 saturated heterocycles. The number of nitrogens with zero attached hydrogens (tertiary/aromatic N) is 1. The smallest absolute Gasteiger partial charge is 0.294 e. The second-order valence-electron chi connectivity index (χ2n) is 6.96. The van der Waals surface area contributed by atoms with Crippen LogP contribution < -0.4 is 4.90 Å². The number of halogens is 2. The van der Waals surface area contributed by atoms with Crippen LogP contribution in [0, 0.1) is 0 Å². The fraction of sp³-hybridized carbons (Fsp3) is 0.0435. The molecule has 154 valence electrons. The van der Waals surface area contributed by atoms with Crippen LogP contribution in [-0.2, 0) is 4.79 Å². The quantitative estimate of drug-likeness (QED) is 0.308. The molecule has 0 aliphatic carbocycles. The van der Waals surface area contributed by atoms with Gasteiger partial charge in [-0.2, -0.15) is 0 Å². The Morgan fingerprint density at radius 2 is 1.97 bits per heavy atom. The molecule has 8 heteroatoms. The van der Waals surface area contributed by atoms with Crippen molar-refractivity contribution >= 4 is 67.2 Å². The van der Waals surface area contributed by atoms with Crippen molar-refractivity contribution in [3.63, 3.8) is 0 Å². The van der Waals surface area contributed by atoms with Gasteiger partial charge in [-0.25, -0.2) is 0 Å². The van der Waals surface area contributed by atoms with Gasteiger partial charge in [0.15, 0.2) is 11.5 Å². The molecule has 0 saturated carbocycles. The van der Waals surface area contributed by atoms with Gasteiger partial charge in [0.2, 0.25) is 5.78 Å². The van der Waals surface area contributed by atoms with Crippen LogP contribution in [-0.4, -0.2) is 16.8 Å². The van der Waals surface area contributed by atoms with Gasteiger partial charge in [-0.15, -0.1) is 11.3 Å². The zero-order valence-electron chi connectivity index (χ0n) is 15.7. The van der Waals surface area contributed by atoms with Gasteiger partial charge in [-0.05, 0) is 53.9 Å². The second-order valence-corrected chi connectivity index (χ2v) is 9.29. The maximum absolute atomic E-state index is 13.5. The van der Waals surface area contributed by atoms with E-state index >= 15 is 0 Å². The molecule has 1 atom stereocenters. The van der Waals surface area contributed by atoms with Crippen molar-refractivity contribution in [1.29, 1.82) is 0 Å². The number of carbonyl (C=O) groups is 2. The zero-order valence-corrected chi connectivity index (χ0v) is 18.9. The van der Waals surface area contributed by atoms with Crippen LogP contribution in [0.2, 0.25) is 5.02 Å². The van der Waals surface area contributed by atoms with Crippen molar-refractivity contribution in [2.45, 2.75) is 6.04 Å². The van der Waals surface area contributed by atoms with Crippen molar-refractivity contribution in [1.82, 2.24) is 0 Å². The van der Waals surface area contributed by atoms with Crippen LogP contribution in [0.1, 0.15) is 21.5 Å². The van der Waals surface area contributed by atoms with Crippen LogP contribution in [0.5, 0.6) is 0 Å². The summed E-state index contributed by atoms with van der Waals surface area (Å²) < 4.78 is 6.59. The van der Waals surface area contributed by atoms with E-state index in [1.54, 1.807) is 36.4 Å². The first-order valence-electron chi connectivity index (χ1n) is 9.23. The predicted octanol–water partition coefficient (Wildman–Crippen LogP) is 6.69. The molecule has 1 N–H and O–H groups in total. The molecule has 0 spiro atoms. The summed E-state index contributed by atoms with van der Waals surface area (Å²) in [5.41, 5.74) is 1.000. The van der Waals surface area contributed by atoms with Crippen LogP contribution in [0.15, 0.2) is 86.3 Å². The lowest BCUT2D eigenvalue weighted by Gasteiger charge is -2.25. The van der Waals surface area contributed by atoms with E-state index in [-0.39, 0.29) is 11.3 Å². The number of carbonyl (C=O) groups excluding carboxylic acids is 2. The number of ketones is 1. The molecular formula is C23H13BrClNO4S. The molecule has 1 aliphatic rings. The van der Waals surface area contributed by atoms with E-state index in [2.05, 4.69) is 15.9 Å². The average Bonchev–Trinajstić information content (AvgIpc) is 3.46. The third kappa shape index (κ3) is 3.39. The zero-order chi connectivity index (χ0) is 21.7. The maximum Gasteiger partial charge on any atom is 0.294 e. The Labute approximate surface area is 194 Å². The highest BCUT2D eigenvalue weighted by atomic mass is 79.9. The molecule has 2 aromatic heterocycles. The van der Waals surface area contributed by atoms with Gasteiger partial charge in [0.05, 0.1) is 5.57 Å². The Morgan fingerprint density at radius 1 is 1.13 bits per heavy atom. The number of rotatable bonds is 4.